The van der Waals surface area contributed by atoms with Gasteiger partial charge in [-0.1, -0.05) is 23.7 Å². The Balaban J connectivity index is 2.33. The number of rotatable bonds is 3. The lowest BCUT2D eigenvalue weighted by Crippen LogP contribution is -2.13. The van der Waals surface area contributed by atoms with Crippen LogP contribution in [0, 0.1) is 0 Å². The predicted octanol–water partition coefficient (Wildman–Crippen LogP) is 2.12. The van der Waals surface area contributed by atoms with Crippen molar-refractivity contribution in [1.82, 2.24) is 4.98 Å². The van der Waals surface area contributed by atoms with Gasteiger partial charge in [-0.3, -0.25) is 4.72 Å². The van der Waals surface area contributed by atoms with Crippen LogP contribution in [0.4, 0.5) is 11.5 Å². The molecule has 0 amide bonds. The summed E-state index contributed by atoms with van der Waals surface area (Å²) in [6.07, 6.45) is 1.34. The van der Waals surface area contributed by atoms with Crippen molar-refractivity contribution in [3.63, 3.8) is 0 Å². The first kappa shape index (κ1) is 12.7. The number of hydrogen-bond acceptors (Lipinski definition) is 4. The molecule has 0 radical (unpaired) electrons. The van der Waals surface area contributed by atoms with E-state index in [0.29, 0.717) is 11.5 Å². The summed E-state index contributed by atoms with van der Waals surface area (Å²) in [4.78, 5) is 3.81. The lowest BCUT2D eigenvalue weighted by atomic mass is 10.4. The molecule has 5 nitrogen and oxygen atoms in total. The molecule has 1 aromatic heterocycles. The zero-order valence-electron chi connectivity index (χ0n) is 9.17. The number of sulfonamides is 1. The highest BCUT2D eigenvalue weighted by atomic mass is 35.5. The summed E-state index contributed by atoms with van der Waals surface area (Å²) < 4.78 is 26.5. The number of anilines is 2. The lowest BCUT2D eigenvalue weighted by molar-refractivity contribution is 0.601. The number of pyridine rings is 1. The maximum absolute atomic E-state index is 12.1. The van der Waals surface area contributed by atoms with E-state index >= 15 is 0 Å². The molecule has 1 aromatic carbocycles. The summed E-state index contributed by atoms with van der Waals surface area (Å²) in [6, 6.07) is 9.22. The van der Waals surface area contributed by atoms with E-state index < -0.39 is 10.0 Å². The van der Waals surface area contributed by atoms with Crippen LogP contribution in [0.2, 0.25) is 5.02 Å². The van der Waals surface area contributed by atoms with Crippen LogP contribution < -0.4 is 10.5 Å². The maximum atomic E-state index is 12.1. The maximum Gasteiger partial charge on any atom is 0.263 e. The van der Waals surface area contributed by atoms with Crippen molar-refractivity contribution in [3.8, 4) is 0 Å². The predicted molar refractivity (Wildman–Crippen MR) is 70.9 cm³/mol. The first-order chi connectivity index (χ1) is 8.49. The molecular formula is C11H10ClN3O2S. The molecule has 1 heterocycles. The first-order valence-electron chi connectivity index (χ1n) is 4.98. The summed E-state index contributed by atoms with van der Waals surface area (Å²) in [5.74, 6) is 0.315. The fourth-order valence-corrected chi connectivity index (χ4v) is 2.90. The van der Waals surface area contributed by atoms with E-state index in [9.17, 15) is 8.42 Å². The second kappa shape index (κ2) is 4.83. The van der Waals surface area contributed by atoms with Crippen molar-refractivity contribution >= 4 is 33.1 Å². The molecule has 3 N–H and O–H groups in total. The highest BCUT2D eigenvalue weighted by Crippen LogP contribution is 2.23. The highest BCUT2D eigenvalue weighted by Gasteiger charge is 2.17. The topological polar surface area (TPSA) is 85.1 Å². The van der Waals surface area contributed by atoms with Gasteiger partial charge in [-0.25, -0.2) is 13.4 Å². The second-order valence-corrected chi connectivity index (χ2v) is 5.57. The third kappa shape index (κ3) is 2.72. The molecule has 0 spiro atoms. The van der Waals surface area contributed by atoms with Gasteiger partial charge in [-0.2, -0.15) is 0 Å². The number of nitrogens with two attached hydrogens (primary N) is 1. The average molecular weight is 284 g/mol. The fourth-order valence-electron chi connectivity index (χ4n) is 1.34. The summed E-state index contributed by atoms with van der Waals surface area (Å²) in [6.45, 7) is 0. The number of nitrogen functional groups attached to an aromatic ring is 1. The molecule has 0 saturated carbocycles. The molecule has 94 valence electrons. The Kier molecular flexibility index (Phi) is 3.40. The monoisotopic (exact) mass is 283 g/mol. The van der Waals surface area contributed by atoms with Gasteiger partial charge in [0.2, 0.25) is 0 Å². The number of nitrogens with one attached hydrogen (secondary N) is 1. The van der Waals surface area contributed by atoms with Gasteiger partial charge in [-0.15, -0.1) is 0 Å². The van der Waals surface area contributed by atoms with E-state index in [0.717, 1.165) is 0 Å². The second-order valence-electron chi connectivity index (χ2n) is 3.51. The number of aromatic nitrogens is 1. The minimum Gasteiger partial charge on any atom is -0.384 e. The molecule has 0 saturated heterocycles. The third-order valence-electron chi connectivity index (χ3n) is 2.16. The molecule has 7 heteroatoms. The largest absolute Gasteiger partial charge is 0.384 e. The third-order valence-corrected chi connectivity index (χ3v) is 4.05. The van der Waals surface area contributed by atoms with Crippen LogP contribution in [0.3, 0.4) is 0 Å². The molecule has 2 rings (SSSR count). The average Bonchev–Trinajstić information content (AvgIpc) is 2.32. The van der Waals surface area contributed by atoms with Crippen molar-refractivity contribution in [2.24, 2.45) is 0 Å². The molecule has 0 aliphatic rings. The molecule has 0 aliphatic heterocycles. The summed E-state index contributed by atoms with van der Waals surface area (Å²) in [7, 11) is -3.72. The molecule has 0 aliphatic carbocycles. The van der Waals surface area contributed by atoms with Gasteiger partial charge in [0.25, 0.3) is 10.0 Å². The number of nitrogens with zero attached hydrogens (tertiary/aromatic N) is 1. The van der Waals surface area contributed by atoms with E-state index in [4.69, 9.17) is 17.3 Å². The van der Waals surface area contributed by atoms with E-state index in [-0.39, 0.29) is 9.92 Å². The normalized spacial score (nSPS) is 11.2. The van der Waals surface area contributed by atoms with Crippen molar-refractivity contribution in [2.75, 3.05) is 10.5 Å². The van der Waals surface area contributed by atoms with E-state index in [2.05, 4.69) is 9.71 Å². The number of halogens is 1. The van der Waals surface area contributed by atoms with Gasteiger partial charge in [-0.05, 0) is 24.3 Å². The van der Waals surface area contributed by atoms with E-state index in [1.165, 1.54) is 30.5 Å². The Labute approximate surface area is 110 Å². The minimum atomic E-state index is -3.72. The van der Waals surface area contributed by atoms with Gasteiger partial charge >= 0.3 is 0 Å². The molecule has 0 bridgehead atoms. The molecule has 0 atom stereocenters. The van der Waals surface area contributed by atoms with Crippen molar-refractivity contribution in [3.05, 3.63) is 47.6 Å². The van der Waals surface area contributed by atoms with Crippen molar-refractivity contribution in [2.45, 2.75) is 4.90 Å². The lowest BCUT2D eigenvalue weighted by Gasteiger charge is -2.08. The standard InChI is InChI=1S/C11H10ClN3O2S/c12-9-3-1-2-4-10(9)18(16,17)15-8-5-6-11(13)14-7-8/h1-7,15H,(H2,13,14). The zero-order chi connectivity index (χ0) is 13.2. The van der Waals surface area contributed by atoms with Crippen LogP contribution >= 0.6 is 11.6 Å². The van der Waals surface area contributed by atoms with Crippen LogP contribution in [-0.2, 0) is 10.0 Å². The molecular weight excluding hydrogens is 274 g/mol. The van der Waals surface area contributed by atoms with Gasteiger partial charge < -0.3 is 5.73 Å². The molecule has 2 aromatic rings. The van der Waals surface area contributed by atoms with Crippen molar-refractivity contribution in [1.29, 1.82) is 0 Å². The summed E-state index contributed by atoms with van der Waals surface area (Å²) >= 11 is 5.85. The Morgan fingerprint density at radius 1 is 1.17 bits per heavy atom. The highest BCUT2D eigenvalue weighted by molar-refractivity contribution is 7.92. The van der Waals surface area contributed by atoms with Gasteiger partial charge in [0.05, 0.1) is 16.9 Å². The number of hydrogen-bond donors (Lipinski definition) is 2. The van der Waals surface area contributed by atoms with Gasteiger partial charge in [0.15, 0.2) is 0 Å². The quantitative estimate of drug-likeness (QED) is 0.903. The molecule has 0 unspecified atom stereocenters. The van der Waals surface area contributed by atoms with Crippen molar-refractivity contribution < 1.29 is 8.42 Å². The van der Waals surface area contributed by atoms with Crippen LogP contribution in [0.25, 0.3) is 0 Å². The fraction of sp³-hybridized carbons (Fsp3) is 0. The van der Waals surface area contributed by atoms with Crippen LogP contribution in [0.1, 0.15) is 0 Å². The minimum absolute atomic E-state index is 0.0171. The Morgan fingerprint density at radius 2 is 1.89 bits per heavy atom. The molecule has 18 heavy (non-hydrogen) atoms. The Bertz CT molecular complexity index is 656. The van der Waals surface area contributed by atoms with Crippen LogP contribution in [-0.4, -0.2) is 13.4 Å². The molecule has 0 fully saturated rings. The van der Waals surface area contributed by atoms with Crippen LogP contribution in [0.5, 0.6) is 0 Å². The SMILES string of the molecule is Nc1ccc(NS(=O)(=O)c2ccccc2Cl)cn1. The Morgan fingerprint density at radius 3 is 2.50 bits per heavy atom. The summed E-state index contributed by atoms with van der Waals surface area (Å²) in [5, 5.41) is 0.161. The zero-order valence-corrected chi connectivity index (χ0v) is 10.7. The smallest absolute Gasteiger partial charge is 0.263 e. The first-order valence-corrected chi connectivity index (χ1v) is 6.84. The van der Waals surface area contributed by atoms with E-state index in [1.54, 1.807) is 12.1 Å². The van der Waals surface area contributed by atoms with E-state index in [1.807, 2.05) is 0 Å². The van der Waals surface area contributed by atoms with Crippen LogP contribution in [0.15, 0.2) is 47.5 Å². The number of benzene rings is 1. The Hall–Kier alpha value is -1.79. The van der Waals surface area contributed by atoms with Gasteiger partial charge in [0.1, 0.15) is 10.7 Å². The van der Waals surface area contributed by atoms with Gasteiger partial charge in [0, 0.05) is 0 Å². The summed E-state index contributed by atoms with van der Waals surface area (Å²) in [5.41, 5.74) is 5.74.